The molecule has 9 heavy (non-hydrogen) atoms. The molecule has 50 valence electrons. The van der Waals surface area contributed by atoms with Gasteiger partial charge in [-0.1, -0.05) is 12.8 Å². The summed E-state index contributed by atoms with van der Waals surface area (Å²) in [6.45, 7) is 0. The first-order valence-corrected chi connectivity index (χ1v) is 3.42. The summed E-state index contributed by atoms with van der Waals surface area (Å²) in [7, 11) is 0. The number of hydrogen-bond acceptors (Lipinski definition) is 2. The summed E-state index contributed by atoms with van der Waals surface area (Å²) in [4.78, 5) is 0. The maximum absolute atomic E-state index is 9.00. The van der Waals surface area contributed by atoms with Gasteiger partial charge in [0.25, 0.3) is 0 Å². The molecule has 0 heterocycles. The van der Waals surface area contributed by atoms with Gasteiger partial charge in [-0.2, -0.15) is 5.26 Å². The van der Waals surface area contributed by atoms with Crippen LogP contribution in [0.2, 0.25) is 0 Å². The first-order chi connectivity index (χ1) is 4.34. The molecule has 0 saturated heterocycles. The van der Waals surface area contributed by atoms with Crippen LogP contribution in [0.25, 0.3) is 0 Å². The number of aliphatic hydroxyl groups is 1. The molecule has 1 N–H and O–H groups in total. The lowest BCUT2D eigenvalue weighted by atomic mass is 10.0. The lowest BCUT2D eigenvalue weighted by molar-refractivity contribution is 0.162. The fourth-order valence-corrected chi connectivity index (χ4v) is 1.38. The van der Waals surface area contributed by atoms with Gasteiger partial charge in [-0.15, -0.1) is 0 Å². The van der Waals surface area contributed by atoms with E-state index in [-0.39, 0.29) is 5.92 Å². The molecule has 0 unspecified atom stereocenters. The summed E-state index contributed by atoms with van der Waals surface area (Å²) >= 11 is 0. The van der Waals surface area contributed by atoms with E-state index < -0.39 is 6.10 Å². The third-order valence-electron chi connectivity index (χ3n) is 1.98. The topological polar surface area (TPSA) is 44.0 Å². The standard InChI is InChI=1S/C7H11NO/c8-5-7(9)6-3-1-2-4-6/h6-7,9H,1-4H2/t7-/m1/s1. The molecule has 1 rings (SSSR count). The van der Waals surface area contributed by atoms with Crippen LogP contribution in [0.15, 0.2) is 0 Å². The van der Waals surface area contributed by atoms with Crippen molar-refractivity contribution in [3.63, 3.8) is 0 Å². The van der Waals surface area contributed by atoms with Gasteiger partial charge in [0.2, 0.25) is 0 Å². The van der Waals surface area contributed by atoms with Crippen molar-refractivity contribution in [3.8, 4) is 6.07 Å². The van der Waals surface area contributed by atoms with Crippen molar-refractivity contribution >= 4 is 0 Å². The molecule has 0 aromatic rings. The fourth-order valence-electron chi connectivity index (χ4n) is 1.38. The molecule has 0 spiro atoms. The van der Waals surface area contributed by atoms with Crippen molar-refractivity contribution in [2.24, 2.45) is 5.92 Å². The average Bonchev–Trinajstić information content (AvgIpc) is 2.37. The van der Waals surface area contributed by atoms with Gasteiger partial charge in [0.15, 0.2) is 0 Å². The quantitative estimate of drug-likeness (QED) is 0.532. The van der Waals surface area contributed by atoms with Crippen LogP contribution in [0, 0.1) is 17.2 Å². The van der Waals surface area contributed by atoms with Crippen molar-refractivity contribution in [1.29, 1.82) is 5.26 Å². The molecule has 2 heteroatoms. The molecule has 0 amide bonds. The summed E-state index contributed by atoms with van der Waals surface area (Å²) < 4.78 is 0. The van der Waals surface area contributed by atoms with Gasteiger partial charge in [0, 0.05) is 0 Å². The number of nitrogens with zero attached hydrogens (tertiary/aromatic N) is 1. The Morgan fingerprint density at radius 1 is 1.44 bits per heavy atom. The summed E-state index contributed by atoms with van der Waals surface area (Å²) in [5.41, 5.74) is 0. The second-order valence-electron chi connectivity index (χ2n) is 2.62. The smallest absolute Gasteiger partial charge is 0.143 e. The predicted molar refractivity (Wildman–Crippen MR) is 33.6 cm³/mol. The molecule has 1 saturated carbocycles. The maximum Gasteiger partial charge on any atom is 0.143 e. The van der Waals surface area contributed by atoms with Gasteiger partial charge in [-0.25, -0.2) is 0 Å². The summed E-state index contributed by atoms with van der Waals surface area (Å²) in [5, 5.41) is 17.3. The molecule has 1 aliphatic carbocycles. The molecule has 0 aromatic carbocycles. The lowest BCUT2D eigenvalue weighted by Crippen LogP contribution is -2.14. The SMILES string of the molecule is N#C[C@@H](O)C1CCCC1. The molecule has 1 atom stereocenters. The highest BCUT2D eigenvalue weighted by Crippen LogP contribution is 2.27. The zero-order valence-corrected chi connectivity index (χ0v) is 5.38. The van der Waals surface area contributed by atoms with Gasteiger partial charge in [0.05, 0.1) is 6.07 Å². The van der Waals surface area contributed by atoms with E-state index in [1.54, 1.807) is 0 Å². The first kappa shape index (κ1) is 6.57. The van der Waals surface area contributed by atoms with Gasteiger partial charge in [0.1, 0.15) is 6.10 Å². The highest BCUT2D eigenvalue weighted by molar-refractivity contribution is 4.89. The minimum Gasteiger partial charge on any atom is -0.378 e. The Kier molecular flexibility index (Phi) is 2.07. The van der Waals surface area contributed by atoms with E-state index in [1.807, 2.05) is 6.07 Å². The van der Waals surface area contributed by atoms with Crippen molar-refractivity contribution in [3.05, 3.63) is 0 Å². The zero-order valence-electron chi connectivity index (χ0n) is 5.38. The monoisotopic (exact) mass is 125 g/mol. The van der Waals surface area contributed by atoms with Crippen LogP contribution in [0.3, 0.4) is 0 Å². The Balaban J connectivity index is 2.34. The Morgan fingerprint density at radius 3 is 2.44 bits per heavy atom. The van der Waals surface area contributed by atoms with Crippen LogP contribution >= 0.6 is 0 Å². The summed E-state index contributed by atoms with van der Waals surface area (Å²) in [6.07, 6.45) is 3.74. The van der Waals surface area contributed by atoms with E-state index in [2.05, 4.69) is 0 Å². The highest BCUT2D eigenvalue weighted by Gasteiger charge is 2.22. The first-order valence-electron chi connectivity index (χ1n) is 3.42. The van der Waals surface area contributed by atoms with Gasteiger partial charge < -0.3 is 5.11 Å². The summed E-state index contributed by atoms with van der Waals surface area (Å²) in [6, 6.07) is 1.86. The fraction of sp³-hybridized carbons (Fsp3) is 0.857. The molecule has 0 aromatic heterocycles. The molecular weight excluding hydrogens is 114 g/mol. The Labute approximate surface area is 55.1 Å². The number of nitriles is 1. The number of hydrogen-bond donors (Lipinski definition) is 1. The minimum absolute atomic E-state index is 0.273. The molecule has 0 aliphatic heterocycles. The van der Waals surface area contributed by atoms with E-state index in [0.29, 0.717) is 0 Å². The van der Waals surface area contributed by atoms with E-state index in [9.17, 15) is 0 Å². The van der Waals surface area contributed by atoms with Crippen molar-refractivity contribution in [1.82, 2.24) is 0 Å². The lowest BCUT2D eigenvalue weighted by Gasteiger charge is -2.07. The minimum atomic E-state index is -0.701. The molecule has 0 bridgehead atoms. The zero-order chi connectivity index (χ0) is 6.69. The van der Waals surface area contributed by atoms with Gasteiger partial charge in [-0.3, -0.25) is 0 Å². The highest BCUT2D eigenvalue weighted by atomic mass is 16.3. The van der Waals surface area contributed by atoms with Crippen LogP contribution in [-0.4, -0.2) is 11.2 Å². The van der Waals surface area contributed by atoms with E-state index in [1.165, 1.54) is 12.8 Å². The van der Waals surface area contributed by atoms with Crippen LogP contribution < -0.4 is 0 Å². The van der Waals surface area contributed by atoms with Crippen molar-refractivity contribution < 1.29 is 5.11 Å². The van der Waals surface area contributed by atoms with E-state index in [4.69, 9.17) is 10.4 Å². The second-order valence-corrected chi connectivity index (χ2v) is 2.62. The normalized spacial score (nSPS) is 23.6. The predicted octanol–water partition coefficient (Wildman–Crippen LogP) is 1.06. The largest absolute Gasteiger partial charge is 0.378 e. The second kappa shape index (κ2) is 2.84. The number of aliphatic hydroxyl groups excluding tert-OH is 1. The van der Waals surface area contributed by atoms with Crippen LogP contribution in [-0.2, 0) is 0 Å². The van der Waals surface area contributed by atoms with Crippen LogP contribution in [0.4, 0.5) is 0 Å². The van der Waals surface area contributed by atoms with Crippen molar-refractivity contribution in [2.45, 2.75) is 31.8 Å². The summed E-state index contributed by atoms with van der Waals surface area (Å²) in [5.74, 6) is 0.273. The van der Waals surface area contributed by atoms with Gasteiger partial charge >= 0.3 is 0 Å². The molecule has 1 aliphatic rings. The van der Waals surface area contributed by atoms with E-state index >= 15 is 0 Å². The number of rotatable bonds is 1. The van der Waals surface area contributed by atoms with Crippen molar-refractivity contribution in [2.75, 3.05) is 0 Å². The maximum atomic E-state index is 9.00. The van der Waals surface area contributed by atoms with Crippen LogP contribution in [0.1, 0.15) is 25.7 Å². The molecule has 1 fully saturated rings. The van der Waals surface area contributed by atoms with E-state index in [0.717, 1.165) is 12.8 Å². The Morgan fingerprint density at radius 2 is 2.00 bits per heavy atom. The van der Waals surface area contributed by atoms with Crippen LogP contribution in [0.5, 0.6) is 0 Å². The average molecular weight is 125 g/mol. The third-order valence-corrected chi connectivity index (χ3v) is 1.98. The third kappa shape index (κ3) is 1.43. The molecular formula is C7H11NO. The molecule has 2 nitrogen and oxygen atoms in total. The Hall–Kier alpha value is -0.550. The molecule has 0 radical (unpaired) electrons. The van der Waals surface area contributed by atoms with Gasteiger partial charge in [-0.05, 0) is 18.8 Å². The Bertz CT molecular complexity index is 121.